The number of aliphatic hydroxyl groups excluding tert-OH is 4. The van der Waals surface area contributed by atoms with E-state index < -0.39 is 49.4 Å². The molecular formula is C43H82O10. The Bertz CT molecular complexity index is 840. The maximum Gasteiger partial charge on any atom is 0.306 e. The monoisotopic (exact) mass is 759 g/mol. The van der Waals surface area contributed by atoms with E-state index in [9.17, 15) is 30.0 Å². The molecule has 10 heteroatoms. The third-order valence-electron chi connectivity index (χ3n) is 10.5. The van der Waals surface area contributed by atoms with Gasteiger partial charge in [-0.2, -0.15) is 0 Å². The fraction of sp³-hybridized carbons (Fsp3) is 0.953. The summed E-state index contributed by atoms with van der Waals surface area (Å²) in [5.74, 6) is -0.796. The van der Waals surface area contributed by atoms with Gasteiger partial charge in [-0.25, -0.2) is 0 Å². The molecule has 53 heavy (non-hydrogen) atoms. The summed E-state index contributed by atoms with van der Waals surface area (Å²) in [6.07, 6.45) is 26.9. The van der Waals surface area contributed by atoms with E-state index in [4.69, 9.17) is 18.9 Å². The first-order chi connectivity index (χ1) is 25.8. The molecule has 0 amide bonds. The van der Waals surface area contributed by atoms with Crippen molar-refractivity contribution in [1.82, 2.24) is 0 Å². The van der Waals surface area contributed by atoms with E-state index in [0.29, 0.717) is 6.42 Å². The summed E-state index contributed by atoms with van der Waals surface area (Å²) >= 11 is 0. The molecule has 6 atom stereocenters. The average molecular weight is 759 g/mol. The van der Waals surface area contributed by atoms with Gasteiger partial charge in [0.05, 0.1) is 13.2 Å². The van der Waals surface area contributed by atoms with Gasteiger partial charge in [-0.1, -0.05) is 181 Å². The van der Waals surface area contributed by atoms with Gasteiger partial charge in [-0.05, 0) is 12.8 Å². The SMILES string of the molecule is CCCCCCCCCCCCCCCCCCCCCC(=O)OC(COC(=O)CCCCCCCCCCC)COC1OC(CO)C(O)C(O)C1O. The zero-order chi connectivity index (χ0) is 38.8. The zero-order valence-electron chi connectivity index (χ0n) is 34.0. The minimum Gasteiger partial charge on any atom is -0.462 e. The number of hydrogen-bond donors (Lipinski definition) is 4. The van der Waals surface area contributed by atoms with Crippen LogP contribution in [-0.4, -0.2) is 89.0 Å². The number of ether oxygens (including phenoxy) is 4. The van der Waals surface area contributed by atoms with Crippen LogP contribution in [0.25, 0.3) is 0 Å². The number of carbonyl (C=O) groups is 2. The highest BCUT2D eigenvalue weighted by atomic mass is 16.7. The lowest BCUT2D eigenvalue weighted by Gasteiger charge is -2.39. The average Bonchev–Trinajstić information content (AvgIpc) is 3.15. The van der Waals surface area contributed by atoms with E-state index in [2.05, 4.69) is 13.8 Å². The standard InChI is InChI=1S/C43H82O10/c1-3-5-7-9-11-13-14-15-16-17-18-19-20-21-22-24-26-28-30-32-39(46)52-36(35-51-43-42(49)41(48)40(47)37(33-44)53-43)34-50-38(45)31-29-27-25-23-12-10-8-6-4-2/h36-37,40-44,47-49H,3-35H2,1-2H3. The lowest BCUT2D eigenvalue weighted by atomic mass is 9.99. The number of aliphatic hydroxyl groups is 4. The second kappa shape index (κ2) is 35.1. The van der Waals surface area contributed by atoms with Crippen LogP contribution in [0.4, 0.5) is 0 Å². The van der Waals surface area contributed by atoms with Crippen LogP contribution in [0, 0.1) is 0 Å². The van der Waals surface area contributed by atoms with E-state index in [1.54, 1.807) is 0 Å². The highest BCUT2D eigenvalue weighted by Gasteiger charge is 2.44. The first kappa shape index (κ1) is 49.7. The molecule has 0 aliphatic carbocycles. The maximum absolute atomic E-state index is 12.7. The molecule has 1 aliphatic rings. The summed E-state index contributed by atoms with van der Waals surface area (Å²) in [5, 5.41) is 40.0. The summed E-state index contributed by atoms with van der Waals surface area (Å²) in [5.41, 5.74) is 0. The van der Waals surface area contributed by atoms with Crippen LogP contribution in [0.15, 0.2) is 0 Å². The smallest absolute Gasteiger partial charge is 0.306 e. The third-order valence-corrected chi connectivity index (χ3v) is 10.5. The molecule has 6 unspecified atom stereocenters. The molecule has 0 bridgehead atoms. The minimum absolute atomic E-state index is 0.210. The van der Waals surface area contributed by atoms with E-state index >= 15 is 0 Å². The molecule has 314 valence electrons. The third kappa shape index (κ3) is 27.0. The van der Waals surface area contributed by atoms with Crippen molar-refractivity contribution in [1.29, 1.82) is 0 Å². The number of carbonyl (C=O) groups excluding carboxylic acids is 2. The van der Waals surface area contributed by atoms with Gasteiger partial charge >= 0.3 is 11.9 Å². The number of hydrogen-bond acceptors (Lipinski definition) is 10. The first-order valence-electron chi connectivity index (χ1n) is 22.1. The van der Waals surface area contributed by atoms with Gasteiger partial charge in [0.2, 0.25) is 0 Å². The highest BCUT2D eigenvalue weighted by molar-refractivity contribution is 5.70. The Hall–Kier alpha value is -1.30. The molecule has 1 rings (SSSR count). The normalized spacial score (nSPS) is 20.8. The summed E-state index contributed by atoms with van der Waals surface area (Å²) in [7, 11) is 0. The Morgan fingerprint density at radius 2 is 0.887 bits per heavy atom. The van der Waals surface area contributed by atoms with Crippen LogP contribution in [0.5, 0.6) is 0 Å². The first-order valence-corrected chi connectivity index (χ1v) is 22.1. The van der Waals surface area contributed by atoms with Crippen molar-refractivity contribution in [3.05, 3.63) is 0 Å². The summed E-state index contributed by atoms with van der Waals surface area (Å²) in [6.45, 7) is 3.42. The molecule has 0 spiro atoms. The summed E-state index contributed by atoms with van der Waals surface area (Å²) in [6, 6.07) is 0. The lowest BCUT2D eigenvalue weighted by Crippen LogP contribution is -2.59. The van der Waals surface area contributed by atoms with Crippen LogP contribution >= 0.6 is 0 Å². The predicted molar refractivity (Wildman–Crippen MR) is 210 cm³/mol. The molecule has 1 saturated heterocycles. The Balaban J connectivity index is 2.27. The molecular weight excluding hydrogens is 676 g/mol. The molecule has 1 aliphatic heterocycles. The second-order valence-corrected chi connectivity index (χ2v) is 15.5. The van der Waals surface area contributed by atoms with E-state index in [1.807, 2.05) is 0 Å². The minimum atomic E-state index is -1.59. The van der Waals surface area contributed by atoms with E-state index in [-0.39, 0.29) is 32.0 Å². The molecule has 10 nitrogen and oxygen atoms in total. The molecule has 0 radical (unpaired) electrons. The van der Waals surface area contributed by atoms with Gasteiger partial charge in [-0.15, -0.1) is 0 Å². The van der Waals surface area contributed by atoms with Gasteiger partial charge < -0.3 is 39.4 Å². The number of unbranched alkanes of at least 4 members (excludes halogenated alkanes) is 26. The van der Waals surface area contributed by atoms with E-state index in [1.165, 1.54) is 135 Å². The highest BCUT2D eigenvalue weighted by Crippen LogP contribution is 2.23. The van der Waals surface area contributed by atoms with E-state index in [0.717, 1.165) is 38.5 Å². The Labute approximate surface area is 323 Å². The molecule has 0 aromatic carbocycles. The zero-order valence-corrected chi connectivity index (χ0v) is 34.0. The van der Waals surface area contributed by atoms with Crippen molar-refractivity contribution in [2.45, 2.75) is 243 Å². The quantitative estimate of drug-likeness (QED) is 0.0357. The van der Waals surface area contributed by atoms with Crippen molar-refractivity contribution in [3.8, 4) is 0 Å². The van der Waals surface area contributed by atoms with Crippen LogP contribution in [0.3, 0.4) is 0 Å². The predicted octanol–water partition coefficient (Wildman–Crippen LogP) is 9.00. The van der Waals surface area contributed by atoms with Crippen molar-refractivity contribution in [2.24, 2.45) is 0 Å². The van der Waals surface area contributed by atoms with Crippen molar-refractivity contribution in [2.75, 3.05) is 19.8 Å². The Morgan fingerprint density at radius 3 is 1.28 bits per heavy atom. The van der Waals surface area contributed by atoms with Gasteiger partial charge in [0, 0.05) is 12.8 Å². The van der Waals surface area contributed by atoms with Crippen molar-refractivity contribution < 1.29 is 49.0 Å². The van der Waals surface area contributed by atoms with Gasteiger partial charge in [0.1, 0.15) is 31.0 Å². The maximum atomic E-state index is 12.7. The molecule has 0 aromatic rings. The summed E-state index contributed by atoms with van der Waals surface area (Å²) in [4.78, 5) is 25.2. The molecule has 1 heterocycles. The van der Waals surface area contributed by atoms with Crippen LogP contribution in [0.1, 0.15) is 206 Å². The molecule has 4 N–H and O–H groups in total. The Morgan fingerprint density at radius 1 is 0.509 bits per heavy atom. The summed E-state index contributed by atoms with van der Waals surface area (Å²) < 4.78 is 22.1. The number of rotatable bonds is 37. The fourth-order valence-corrected chi connectivity index (χ4v) is 6.95. The van der Waals surface area contributed by atoms with Crippen molar-refractivity contribution in [3.63, 3.8) is 0 Å². The molecule has 0 aromatic heterocycles. The fourth-order valence-electron chi connectivity index (χ4n) is 6.95. The van der Waals surface area contributed by atoms with Crippen LogP contribution < -0.4 is 0 Å². The lowest BCUT2D eigenvalue weighted by molar-refractivity contribution is -0.305. The number of esters is 2. The largest absolute Gasteiger partial charge is 0.462 e. The van der Waals surface area contributed by atoms with Gasteiger partial charge in [-0.3, -0.25) is 9.59 Å². The van der Waals surface area contributed by atoms with Gasteiger partial charge in [0.25, 0.3) is 0 Å². The molecule has 1 fully saturated rings. The topological polar surface area (TPSA) is 152 Å². The van der Waals surface area contributed by atoms with Crippen LogP contribution in [-0.2, 0) is 28.5 Å². The molecule has 0 saturated carbocycles. The van der Waals surface area contributed by atoms with Crippen molar-refractivity contribution >= 4 is 11.9 Å². The second-order valence-electron chi connectivity index (χ2n) is 15.5. The van der Waals surface area contributed by atoms with Crippen LogP contribution in [0.2, 0.25) is 0 Å². The van der Waals surface area contributed by atoms with Gasteiger partial charge in [0.15, 0.2) is 12.4 Å². The Kier molecular flexibility index (Phi) is 33.0.